The van der Waals surface area contributed by atoms with Gasteiger partial charge in [-0.3, -0.25) is 0 Å². The first kappa shape index (κ1) is 8.97. The summed E-state index contributed by atoms with van der Waals surface area (Å²) in [5, 5.41) is 3.41. The lowest BCUT2D eigenvalue weighted by Gasteiger charge is -2.09. The maximum absolute atomic E-state index is 5.22. The van der Waals surface area contributed by atoms with Crippen LogP contribution < -0.4 is 5.32 Å². The Labute approximate surface area is 68.1 Å². The molecule has 3 nitrogen and oxygen atoms in total. The SMILES string of the molecule is COCCCNC1CCOC1. The van der Waals surface area contributed by atoms with Crippen molar-refractivity contribution >= 4 is 0 Å². The van der Waals surface area contributed by atoms with E-state index in [9.17, 15) is 0 Å². The van der Waals surface area contributed by atoms with Crippen LogP contribution in [0.25, 0.3) is 0 Å². The smallest absolute Gasteiger partial charge is 0.0620 e. The molecule has 1 aliphatic rings. The fraction of sp³-hybridized carbons (Fsp3) is 1.00. The van der Waals surface area contributed by atoms with Crippen molar-refractivity contribution in [3.63, 3.8) is 0 Å². The van der Waals surface area contributed by atoms with Gasteiger partial charge in [-0.25, -0.2) is 0 Å². The van der Waals surface area contributed by atoms with Crippen LogP contribution in [-0.2, 0) is 9.47 Å². The molecule has 1 unspecified atom stereocenters. The van der Waals surface area contributed by atoms with Gasteiger partial charge in [-0.1, -0.05) is 0 Å². The Bertz CT molecular complexity index is 92.1. The zero-order valence-electron chi connectivity index (χ0n) is 7.14. The molecule has 1 saturated heterocycles. The van der Waals surface area contributed by atoms with Crippen LogP contribution in [0, 0.1) is 0 Å². The molecule has 0 bridgehead atoms. The largest absolute Gasteiger partial charge is 0.385 e. The van der Waals surface area contributed by atoms with Gasteiger partial charge in [0.2, 0.25) is 0 Å². The highest BCUT2D eigenvalue weighted by Gasteiger charge is 2.13. The molecule has 1 heterocycles. The summed E-state index contributed by atoms with van der Waals surface area (Å²) in [6, 6.07) is 0.590. The van der Waals surface area contributed by atoms with Crippen LogP contribution in [0.5, 0.6) is 0 Å². The van der Waals surface area contributed by atoms with Gasteiger partial charge < -0.3 is 14.8 Å². The third-order valence-corrected chi connectivity index (χ3v) is 1.89. The zero-order valence-corrected chi connectivity index (χ0v) is 7.14. The van der Waals surface area contributed by atoms with Gasteiger partial charge in [0.05, 0.1) is 6.61 Å². The Hall–Kier alpha value is -0.120. The lowest BCUT2D eigenvalue weighted by atomic mass is 10.2. The van der Waals surface area contributed by atoms with E-state index in [0.29, 0.717) is 6.04 Å². The molecular formula is C8H17NO2. The number of rotatable bonds is 5. The topological polar surface area (TPSA) is 30.5 Å². The number of hydrogen-bond donors (Lipinski definition) is 1. The van der Waals surface area contributed by atoms with Gasteiger partial charge in [0.25, 0.3) is 0 Å². The maximum Gasteiger partial charge on any atom is 0.0620 e. The summed E-state index contributed by atoms with van der Waals surface area (Å²) in [6.07, 6.45) is 2.25. The van der Waals surface area contributed by atoms with Gasteiger partial charge in [0.1, 0.15) is 0 Å². The molecule has 0 radical (unpaired) electrons. The molecule has 0 saturated carbocycles. The van der Waals surface area contributed by atoms with Gasteiger partial charge in [0.15, 0.2) is 0 Å². The summed E-state index contributed by atoms with van der Waals surface area (Å²) >= 11 is 0. The predicted octanol–water partition coefficient (Wildman–Crippen LogP) is 0.401. The molecule has 1 N–H and O–H groups in total. The molecule has 1 aliphatic heterocycles. The number of hydrogen-bond acceptors (Lipinski definition) is 3. The molecule has 0 amide bonds. The van der Waals surface area contributed by atoms with E-state index in [2.05, 4.69) is 5.32 Å². The average molecular weight is 159 g/mol. The molecule has 1 fully saturated rings. The normalized spacial score (nSPS) is 24.3. The van der Waals surface area contributed by atoms with Crippen LogP contribution in [0.4, 0.5) is 0 Å². The van der Waals surface area contributed by atoms with E-state index in [1.807, 2.05) is 0 Å². The minimum Gasteiger partial charge on any atom is -0.385 e. The summed E-state index contributed by atoms with van der Waals surface area (Å²) in [6.45, 7) is 3.69. The van der Waals surface area contributed by atoms with Crippen molar-refractivity contribution in [2.24, 2.45) is 0 Å². The fourth-order valence-corrected chi connectivity index (χ4v) is 1.22. The maximum atomic E-state index is 5.22. The Kier molecular flexibility index (Phi) is 4.50. The molecule has 0 spiro atoms. The second kappa shape index (κ2) is 5.52. The molecule has 0 aromatic heterocycles. The summed E-state index contributed by atoms with van der Waals surface area (Å²) in [4.78, 5) is 0. The standard InChI is InChI=1S/C8H17NO2/c1-10-5-2-4-9-8-3-6-11-7-8/h8-9H,2-7H2,1H3. The van der Waals surface area contributed by atoms with Crippen LogP contribution in [0.2, 0.25) is 0 Å². The average Bonchev–Trinajstić information content (AvgIpc) is 2.50. The molecule has 0 aromatic rings. The molecule has 0 aromatic carbocycles. The lowest BCUT2D eigenvalue weighted by molar-refractivity contribution is 0.183. The molecule has 11 heavy (non-hydrogen) atoms. The van der Waals surface area contributed by atoms with Crippen molar-refractivity contribution in [1.82, 2.24) is 5.32 Å². The highest BCUT2D eigenvalue weighted by atomic mass is 16.5. The van der Waals surface area contributed by atoms with Crippen molar-refractivity contribution < 1.29 is 9.47 Å². The minimum absolute atomic E-state index is 0.590. The molecule has 0 aliphatic carbocycles. The van der Waals surface area contributed by atoms with Crippen LogP contribution in [0.15, 0.2) is 0 Å². The Morgan fingerprint density at radius 2 is 2.55 bits per heavy atom. The first-order valence-corrected chi connectivity index (χ1v) is 4.23. The monoisotopic (exact) mass is 159 g/mol. The predicted molar refractivity (Wildman–Crippen MR) is 43.7 cm³/mol. The van der Waals surface area contributed by atoms with Gasteiger partial charge in [-0.2, -0.15) is 0 Å². The van der Waals surface area contributed by atoms with E-state index < -0.39 is 0 Å². The van der Waals surface area contributed by atoms with Crippen molar-refractivity contribution in [2.45, 2.75) is 18.9 Å². The summed E-state index contributed by atoms with van der Waals surface area (Å²) in [5.74, 6) is 0. The van der Waals surface area contributed by atoms with Gasteiger partial charge in [0, 0.05) is 26.4 Å². The molecule has 3 heteroatoms. The fourth-order valence-electron chi connectivity index (χ4n) is 1.22. The van der Waals surface area contributed by atoms with Gasteiger partial charge in [-0.05, 0) is 19.4 Å². The number of methoxy groups -OCH3 is 1. The van der Waals surface area contributed by atoms with Crippen molar-refractivity contribution in [2.75, 3.05) is 33.5 Å². The van der Waals surface area contributed by atoms with E-state index in [4.69, 9.17) is 9.47 Å². The first-order chi connectivity index (χ1) is 5.43. The van der Waals surface area contributed by atoms with E-state index in [-0.39, 0.29) is 0 Å². The summed E-state index contributed by atoms with van der Waals surface area (Å²) < 4.78 is 10.2. The zero-order chi connectivity index (χ0) is 7.94. The van der Waals surface area contributed by atoms with Gasteiger partial charge >= 0.3 is 0 Å². The quantitative estimate of drug-likeness (QED) is 0.589. The van der Waals surface area contributed by atoms with Crippen LogP contribution in [0.1, 0.15) is 12.8 Å². The van der Waals surface area contributed by atoms with Crippen LogP contribution in [-0.4, -0.2) is 39.5 Å². The minimum atomic E-state index is 0.590. The van der Waals surface area contributed by atoms with Crippen molar-refractivity contribution in [3.8, 4) is 0 Å². The molecular weight excluding hydrogens is 142 g/mol. The van der Waals surface area contributed by atoms with Crippen molar-refractivity contribution in [1.29, 1.82) is 0 Å². The third-order valence-electron chi connectivity index (χ3n) is 1.89. The number of nitrogens with one attached hydrogen (secondary N) is 1. The first-order valence-electron chi connectivity index (χ1n) is 4.23. The van der Waals surface area contributed by atoms with Crippen LogP contribution >= 0.6 is 0 Å². The third kappa shape index (κ3) is 3.70. The van der Waals surface area contributed by atoms with Crippen molar-refractivity contribution in [3.05, 3.63) is 0 Å². The number of ether oxygens (including phenoxy) is 2. The van der Waals surface area contributed by atoms with Crippen LogP contribution in [0.3, 0.4) is 0 Å². The molecule has 1 atom stereocenters. The second-order valence-corrected chi connectivity index (χ2v) is 2.86. The summed E-state index contributed by atoms with van der Waals surface area (Å²) in [7, 11) is 1.73. The Balaban J connectivity index is 1.86. The highest BCUT2D eigenvalue weighted by molar-refractivity contribution is 4.70. The van der Waals surface area contributed by atoms with E-state index in [1.54, 1.807) is 7.11 Å². The lowest BCUT2D eigenvalue weighted by Crippen LogP contribution is -2.30. The Morgan fingerprint density at radius 3 is 3.18 bits per heavy atom. The molecule has 66 valence electrons. The molecule has 1 rings (SSSR count). The Morgan fingerprint density at radius 1 is 1.64 bits per heavy atom. The van der Waals surface area contributed by atoms with Gasteiger partial charge in [-0.15, -0.1) is 0 Å². The highest BCUT2D eigenvalue weighted by Crippen LogP contribution is 2.02. The van der Waals surface area contributed by atoms with E-state index >= 15 is 0 Å². The summed E-state index contributed by atoms with van der Waals surface area (Å²) in [5.41, 5.74) is 0. The second-order valence-electron chi connectivity index (χ2n) is 2.86. The van der Waals surface area contributed by atoms with E-state index in [0.717, 1.165) is 39.2 Å². The van der Waals surface area contributed by atoms with E-state index in [1.165, 1.54) is 0 Å².